The minimum Gasteiger partial charge on any atom is -0.273 e. The number of nitrogens with zero attached hydrogens (tertiary/aromatic N) is 2. The lowest BCUT2D eigenvalue weighted by Crippen LogP contribution is -2.22. The minimum absolute atomic E-state index is 0.00734. The Kier molecular flexibility index (Phi) is 4.56. The third kappa shape index (κ3) is 3.54. The number of carbonyl (C=O) groups excluding carboxylic acids is 1. The van der Waals surface area contributed by atoms with Gasteiger partial charge in [0.15, 0.2) is 0 Å². The molecule has 0 aliphatic heterocycles. The van der Waals surface area contributed by atoms with Crippen LogP contribution in [-0.2, 0) is 4.79 Å². The van der Waals surface area contributed by atoms with Gasteiger partial charge in [-0.25, -0.2) is 5.43 Å². The summed E-state index contributed by atoms with van der Waals surface area (Å²) in [7, 11) is 0. The van der Waals surface area contributed by atoms with Gasteiger partial charge in [-0.3, -0.25) is 9.78 Å². The van der Waals surface area contributed by atoms with Crippen molar-refractivity contribution < 1.29 is 4.79 Å². The van der Waals surface area contributed by atoms with Crippen LogP contribution in [0.3, 0.4) is 0 Å². The number of benzene rings is 2. The van der Waals surface area contributed by atoms with Gasteiger partial charge in [-0.1, -0.05) is 60.7 Å². The van der Waals surface area contributed by atoms with Crippen molar-refractivity contribution in [2.45, 2.75) is 12.3 Å². The molecule has 1 amide bonds. The first kappa shape index (κ1) is 16.2. The maximum atomic E-state index is 12.5. The van der Waals surface area contributed by atoms with Crippen LogP contribution in [0.15, 0.2) is 90.3 Å². The zero-order valence-electron chi connectivity index (χ0n) is 14.2. The molecule has 1 N–H and O–H groups in total. The molecule has 1 saturated carbocycles. The number of hydrazone groups is 1. The lowest BCUT2D eigenvalue weighted by atomic mass is 10.0. The minimum atomic E-state index is -0.0313. The van der Waals surface area contributed by atoms with Gasteiger partial charge in [-0.15, -0.1) is 0 Å². The smallest absolute Gasteiger partial charge is 0.243 e. The van der Waals surface area contributed by atoms with E-state index in [1.165, 1.54) is 5.56 Å². The second-order valence-corrected chi connectivity index (χ2v) is 6.40. The molecule has 1 aromatic heterocycles. The van der Waals surface area contributed by atoms with Crippen LogP contribution in [0.2, 0.25) is 0 Å². The third-order valence-electron chi connectivity index (χ3n) is 4.62. The summed E-state index contributed by atoms with van der Waals surface area (Å²) in [6.45, 7) is 0. The first-order valence-corrected chi connectivity index (χ1v) is 8.71. The average Bonchev–Trinajstić information content (AvgIpc) is 3.51. The zero-order chi connectivity index (χ0) is 17.8. The predicted octanol–water partition coefficient (Wildman–Crippen LogP) is 3.75. The molecule has 2 aromatic carbocycles. The van der Waals surface area contributed by atoms with E-state index in [-0.39, 0.29) is 11.8 Å². The van der Waals surface area contributed by atoms with Crippen LogP contribution in [0.4, 0.5) is 0 Å². The quantitative estimate of drug-likeness (QED) is 0.567. The van der Waals surface area contributed by atoms with Gasteiger partial charge in [0.1, 0.15) is 0 Å². The van der Waals surface area contributed by atoms with Gasteiger partial charge in [-0.05, 0) is 30.0 Å². The number of rotatable bonds is 5. The molecule has 1 aliphatic carbocycles. The molecule has 0 spiro atoms. The lowest BCUT2D eigenvalue weighted by molar-refractivity contribution is -0.122. The van der Waals surface area contributed by atoms with E-state index in [1.54, 1.807) is 12.4 Å². The average molecular weight is 341 g/mol. The van der Waals surface area contributed by atoms with Crippen LogP contribution in [0, 0.1) is 5.92 Å². The molecule has 1 fully saturated rings. The highest BCUT2D eigenvalue weighted by atomic mass is 16.2. The second-order valence-electron chi connectivity index (χ2n) is 6.40. The Morgan fingerprint density at radius 3 is 2.31 bits per heavy atom. The summed E-state index contributed by atoms with van der Waals surface area (Å²) in [6, 6.07) is 23.8. The molecular weight excluding hydrogens is 322 g/mol. The molecule has 2 atom stereocenters. The maximum absolute atomic E-state index is 12.5. The van der Waals surface area contributed by atoms with Crippen molar-refractivity contribution in [3.8, 4) is 0 Å². The van der Waals surface area contributed by atoms with Crippen molar-refractivity contribution in [3.05, 3.63) is 102 Å². The van der Waals surface area contributed by atoms with Gasteiger partial charge in [-0.2, -0.15) is 5.10 Å². The van der Waals surface area contributed by atoms with Crippen LogP contribution in [-0.4, -0.2) is 16.6 Å². The SMILES string of the molecule is O=C(N/N=C(/c1ccccc1)c1cccnc1)[C@H]1C[C@H]1c1ccccc1. The second kappa shape index (κ2) is 7.31. The number of hydrogen-bond acceptors (Lipinski definition) is 3. The summed E-state index contributed by atoms with van der Waals surface area (Å²) < 4.78 is 0. The molecule has 0 saturated heterocycles. The van der Waals surface area contributed by atoms with E-state index in [4.69, 9.17) is 0 Å². The van der Waals surface area contributed by atoms with Gasteiger partial charge in [0.2, 0.25) is 5.91 Å². The van der Waals surface area contributed by atoms with Crippen LogP contribution in [0.25, 0.3) is 0 Å². The van der Waals surface area contributed by atoms with E-state index in [0.717, 1.165) is 17.5 Å². The molecule has 26 heavy (non-hydrogen) atoms. The fourth-order valence-corrected chi connectivity index (χ4v) is 3.14. The van der Waals surface area contributed by atoms with Crippen LogP contribution >= 0.6 is 0 Å². The number of nitrogens with one attached hydrogen (secondary N) is 1. The Labute approximate surface area is 152 Å². The highest BCUT2D eigenvalue weighted by Crippen LogP contribution is 2.47. The molecule has 128 valence electrons. The summed E-state index contributed by atoms with van der Waals surface area (Å²) in [4.78, 5) is 16.7. The Balaban J connectivity index is 1.52. The van der Waals surface area contributed by atoms with Gasteiger partial charge in [0, 0.05) is 29.4 Å². The summed E-state index contributed by atoms with van der Waals surface area (Å²) in [5, 5.41) is 4.43. The summed E-state index contributed by atoms with van der Waals surface area (Å²) in [5.41, 5.74) is 6.50. The lowest BCUT2D eigenvalue weighted by Gasteiger charge is -2.07. The largest absolute Gasteiger partial charge is 0.273 e. The maximum Gasteiger partial charge on any atom is 0.243 e. The highest BCUT2D eigenvalue weighted by Gasteiger charge is 2.43. The van der Waals surface area contributed by atoms with Gasteiger partial charge in [0.05, 0.1) is 5.71 Å². The molecule has 4 nitrogen and oxygen atoms in total. The van der Waals surface area contributed by atoms with Crippen molar-refractivity contribution in [2.75, 3.05) is 0 Å². The van der Waals surface area contributed by atoms with Crippen molar-refractivity contribution >= 4 is 11.6 Å². The highest BCUT2D eigenvalue weighted by molar-refractivity contribution is 6.13. The molecule has 0 bridgehead atoms. The van der Waals surface area contributed by atoms with Crippen LogP contribution in [0.5, 0.6) is 0 Å². The van der Waals surface area contributed by atoms with Crippen molar-refractivity contribution in [2.24, 2.45) is 11.0 Å². The summed E-state index contributed by atoms with van der Waals surface area (Å²) in [5.74, 6) is 0.258. The molecule has 1 aliphatic rings. The van der Waals surface area contributed by atoms with E-state index in [2.05, 4.69) is 27.6 Å². The number of pyridine rings is 1. The van der Waals surface area contributed by atoms with E-state index in [9.17, 15) is 4.79 Å². The van der Waals surface area contributed by atoms with E-state index < -0.39 is 0 Å². The molecule has 1 heterocycles. The van der Waals surface area contributed by atoms with Crippen LogP contribution < -0.4 is 5.43 Å². The molecule has 0 radical (unpaired) electrons. The van der Waals surface area contributed by atoms with Crippen molar-refractivity contribution in [3.63, 3.8) is 0 Å². The molecule has 0 unspecified atom stereocenters. The first-order valence-electron chi connectivity index (χ1n) is 8.71. The molecule has 3 aromatic rings. The summed E-state index contributed by atoms with van der Waals surface area (Å²) >= 11 is 0. The Hall–Kier alpha value is -3.27. The molecule has 4 rings (SSSR count). The Bertz CT molecular complexity index is 866. The molecular formula is C22H19N3O. The van der Waals surface area contributed by atoms with Crippen LogP contribution in [0.1, 0.15) is 29.0 Å². The number of carbonyl (C=O) groups is 1. The zero-order valence-corrected chi connectivity index (χ0v) is 14.2. The molecule has 4 heteroatoms. The number of hydrogen-bond donors (Lipinski definition) is 1. The Morgan fingerprint density at radius 2 is 1.62 bits per heavy atom. The number of aromatic nitrogens is 1. The fourth-order valence-electron chi connectivity index (χ4n) is 3.14. The van der Waals surface area contributed by atoms with Crippen molar-refractivity contribution in [1.82, 2.24) is 10.4 Å². The van der Waals surface area contributed by atoms with E-state index in [1.807, 2.05) is 60.7 Å². The van der Waals surface area contributed by atoms with Gasteiger partial charge in [0.25, 0.3) is 0 Å². The Morgan fingerprint density at radius 1 is 0.923 bits per heavy atom. The normalized spacial score (nSPS) is 19.0. The van der Waals surface area contributed by atoms with Gasteiger partial charge >= 0.3 is 0 Å². The third-order valence-corrected chi connectivity index (χ3v) is 4.62. The monoisotopic (exact) mass is 341 g/mol. The van der Waals surface area contributed by atoms with Gasteiger partial charge < -0.3 is 0 Å². The van der Waals surface area contributed by atoms with E-state index in [0.29, 0.717) is 11.6 Å². The predicted molar refractivity (Wildman–Crippen MR) is 102 cm³/mol. The van der Waals surface area contributed by atoms with Crippen molar-refractivity contribution in [1.29, 1.82) is 0 Å². The number of amides is 1. The summed E-state index contributed by atoms with van der Waals surface area (Å²) in [6.07, 6.45) is 4.35. The van der Waals surface area contributed by atoms with E-state index >= 15 is 0 Å². The fraction of sp³-hybridized carbons (Fsp3) is 0.136. The standard InChI is InChI=1S/C22H19N3O/c26-22(20-14-19(20)16-8-3-1-4-9-16)25-24-21(17-10-5-2-6-11-17)18-12-7-13-23-15-18/h1-13,15,19-20H,14H2,(H,25,26)/b24-21-/t19-,20-/m0/s1. The topological polar surface area (TPSA) is 54.4 Å². The first-order chi connectivity index (χ1) is 12.8.